The summed E-state index contributed by atoms with van der Waals surface area (Å²) in [5.41, 5.74) is -0.258. The Morgan fingerprint density at radius 1 is 1.42 bits per heavy atom. The predicted octanol–water partition coefficient (Wildman–Crippen LogP) is 2.33. The lowest BCUT2D eigenvalue weighted by molar-refractivity contribution is -0.144. The van der Waals surface area contributed by atoms with Crippen molar-refractivity contribution in [1.82, 2.24) is 4.90 Å². The van der Waals surface area contributed by atoms with Gasteiger partial charge in [0.2, 0.25) is 0 Å². The third kappa shape index (κ3) is 3.08. The van der Waals surface area contributed by atoms with E-state index in [1.165, 1.54) is 7.05 Å². The number of hydrogen-bond donors (Lipinski definition) is 1. The molecule has 0 bridgehead atoms. The lowest BCUT2D eigenvalue weighted by Crippen LogP contribution is -2.59. The fraction of sp³-hybridized carbons (Fsp3) is 0.500. The van der Waals surface area contributed by atoms with Crippen LogP contribution in [0.25, 0.3) is 0 Å². The number of carboxylic acid groups (broad SMARTS) is 1. The maximum Gasteiger partial charge on any atom is 0.407 e. The fourth-order valence-corrected chi connectivity index (χ4v) is 3.33. The van der Waals surface area contributed by atoms with Crippen molar-refractivity contribution < 1.29 is 24.2 Å². The highest BCUT2D eigenvalue weighted by Gasteiger charge is 2.49. The second-order valence-corrected chi connectivity index (χ2v) is 6.90. The van der Waals surface area contributed by atoms with Crippen LogP contribution in [0.5, 0.6) is 5.75 Å². The van der Waals surface area contributed by atoms with Crippen LogP contribution in [0.4, 0.5) is 10.5 Å². The van der Waals surface area contributed by atoms with Crippen molar-refractivity contribution in [3.05, 3.63) is 22.7 Å². The van der Waals surface area contributed by atoms with Gasteiger partial charge in [0.05, 0.1) is 18.9 Å². The van der Waals surface area contributed by atoms with E-state index in [-0.39, 0.29) is 19.0 Å². The van der Waals surface area contributed by atoms with E-state index in [0.717, 1.165) is 9.37 Å². The van der Waals surface area contributed by atoms with Crippen molar-refractivity contribution in [2.24, 2.45) is 0 Å². The van der Waals surface area contributed by atoms with Gasteiger partial charge >= 0.3 is 6.09 Å². The molecule has 1 spiro atoms. The highest BCUT2D eigenvalue weighted by molar-refractivity contribution is 9.10. The largest absolute Gasteiger partial charge is 0.475 e. The third-order valence-corrected chi connectivity index (χ3v) is 4.93. The average Bonchev–Trinajstić information content (AvgIpc) is 2.56. The first kappa shape index (κ1) is 17.0. The molecule has 130 valence electrons. The van der Waals surface area contributed by atoms with Gasteiger partial charge in [-0.05, 0) is 18.2 Å². The van der Waals surface area contributed by atoms with E-state index in [0.29, 0.717) is 37.5 Å². The maximum absolute atomic E-state index is 13.1. The fourth-order valence-electron chi connectivity index (χ4n) is 2.98. The number of amides is 2. The summed E-state index contributed by atoms with van der Waals surface area (Å²) in [5.74, 6) is 0.507. The molecule has 0 radical (unpaired) electrons. The van der Waals surface area contributed by atoms with Crippen LogP contribution in [0.3, 0.4) is 0 Å². The van der Waals surface area contributed by atoms with E-state index in [9.17, 15) is 9.59 Å². The monoisotopic (exact) mass is 398 g/mol. The average molecular weight is 399 g/mol. The highest BCUT2D eigenvalue weighted by Crippen LogP contribution is 2.42. The third-order valence-electron chi connectivity index (χ3n) is 4.44. The Morgan fingerprint density at radius 2 is 2.12 bits per heavy atom. The van der Waals surface area contributed by atoms with Crippen LogP contribution in [0, 0.1) is 0 Å². The summed E-state index contributed by atoms with van der Waals surface area (Å²) < 4.78 is 12.3. The van der Waals surface area contributed by atoms with Crippen LogP contribution in [0.15, 0.2) is 22.7 Å². The molecular formula is C16H19BrN2O5. The number of fused-ring (bicyclic) bond motifs is 1. The summed E-state index contributed by atoms with van der Waals surface area (Å²) in [6.45, 7) is 1.44. The molecule has 0 aromatic heterocycles. The zero-order chi connectivity index (χ0) is 17.3. The highest BCUT2D eigenvalue weighted by atomic mass is 79.9. The molecule has 1 N–H and O–H groups in total. The zero-order valence-corrected chi connectivity index (χ0v) is 14.9. The Kier molecular flexibility index (Phi) is 4.69. The van der Waals surface area contributed by atoms with Gasteiger partial charge in [0.1, 0.15) is 5.75 Å². The molecule has 24 heavy (non-hydrogen) atoms. The molecule has 8 heteroatoms. The summed E-state index contributed by atoms with van der Waals surface area (Å²) in [4.78, 5) is 26.9. The van der Waals surface area contributed by atoms with Gasteiger partial charge in [0, 0.05) is 37.5 Å². The normalized spacial score (nSPS) is 18.9. The molecular weight excluding hydrogens is 380 g/mol. The van der Waals surface area contributed by atoms with Gasteiger partial charge in [-0.25, -0.2) is 4.79 Å². The van der Waals surface area contributed by atoms with Gasteiger partial charge in [-0.1, -0.05) is 15.9 Å². The van der Waals surface area contributed by atoms with E-state index >= 15 is 0 Å². The maximum atomic E-state index is 13.1. The molecule has 2 aliphatic heterocycles. The van der Waals surface area contributed by atoms with Gasteiger partial charge in [-0.3, -0.25) is 4.79 Å². The van der Waals surface area contributed by atoms with Crippen LogP contribution >= 0.6 is 15.9 Å². The van der Waals surface area contributed by atoms with E-state index in [2.05, 4.69) is 15.9 Å². The minimum absolute atomic E-state index is 0.129. The van der Waals surface area contributed by atoms with Crippen LogP contribution in [0.1, 0.15) is 12.8 Å². The number of hydrogen-bond acceptors (Lipinski definition) is 4. The number of carbonyl (C=O) groups is 2. The van der Waals surface area contributed by atoms with Crippen molar-refractivity contribution in [3.63, 3.8) is 0 Å². The number of ether oxygens (including phenoxy) is 2. The Balaban J connectivity index is 1.93. The number of benzene rings is 1. The lowest BCUT2D eigenvalue weighted by atomic mass is 9.90. The molecule has 1 aromatic rings. The van der Waals surface area contributed by atoms with Crippen molar-refractivity contribution in [1.29, 1.82) is 0 Å². The molecule has 0 atom stereocenters. The lowest BCUT2D eigenvalue weighted by Gasteiger charge is -2.44. The smallest absolute Gasteiger partial charge is 0.407 e. The molecule has 1 saturated heterocycles. The van der Waals surface area contributed by atoms with Gasteiger partial charge in [0.15, 0.2) is 5.60 Å². The van der Waals surface area contributed by atoms with E-state index in [1.54, 1.807) is 4.90 Å². The Bertz CT molecular complexity index is 660. The van der Waals surface area contributed by atoms with Crippen LogP contribution in [-0.4, -0.2) is 61.0 Å². The quantitative estimate of drug-likeness (QED) is 0.844. The first-order valence-electron chi connectivity index (χ1n) is 7.75. The molecule has 0 unspecified atom stereocenters. The number of nitrogens with zero attached hydrogens (tertiary/aromatic N) is 2. The summed E-state index contributed by atoms with van der Waals surface area (Å²) in [6, 6.07) is 5.51. The predicted molar refractivity (Wildman–Crippen MR) is 90.6 cm³/mol. The molecule has 3 rings (SSSR count). The topological polar surface area (TPSA) is 79.3 Å². The molecule has 0 saturated carbocycles. The summed E-state index contributed by atoms with van der Waals surface area (Å²) in [6.07, 6.45) is -0.0369. The first-order valence-corrected chi connectivity index (χ1v) is 8.55. The van der Waals surface area contributed by atoms with Gasteiger partial charge in [0.25, 0.3) is 5.91 Å². The second-order valence-electron chi connectivity index (χ2n) is 5.98. The molecule has 1 fully saturated rings. The van der Waals surface area contributed by atoms with Crippen LogP contribution in [0.2, 0.25) is 0 Å². The molecule has 2 amide bonds. The van der Waals surface area contributed by atoms with Crippen molar-refractivity contribution in [2.75, 3.05) is 38.3 Å². The number of likely N-dealkylation sites (N-methyl/N-ethyl adjacent to an activating group) is 1. The Labute approximate surface area is 148 Å². The first-order chi connectivity index (χ1) is 11.4. The Morgan fingerprint density at radius 3 is 2.79 bits per heavy atom. The number of anilines is 1. The van der Waals surface area contributed by atoms with Crippen molar-refractivity contribution in [2.45, 2.75) is 18.4 Å². The van der Waals surface area contributed by atoms with Crippen molar-refractivity contribution in [3.8, 4) is 5.75 Å². The van der Waals surface area contributed by atoms with Crippen molar-refractivity contribution >= 4 is 33.6 Å². The van der Waals surface area contributed by atoms with Gasteiger partial charge in [-0.2, -0.15) is 0 Å². The number of carbonyl (C=O) groups excluding carboxylic acids is 1. The molecule has 7 nitrogen and oxygen atoms in total. The second kappa shape index (κ2) is 6.60. The van der Waals surface area contributed by atoms with E-state index in [4.69, 9.17) is 14.6 Å². The Hall–Kier alpha value is -1.80. The van der Waals surface area contributed by atoms with Crippen LogP contribution in [-0.2, 0) is 9.53 Å². The SMILES string of the molecule is CN(CCN1C(=O)C2(CCOCC2)Oc2ccc(Br)cc21)C(=O)O. The van der Waals surface area contributed by atoms with Crippen LogP contribution < -0.4 is 9.64 Å². The van der Waals surface area contributed by atoms with Gasteiger partial charge < -0.3 is 24.4 Å². The minimum Gasteiger partial charge on any atom is -0.475 e. The summed E-state index contributed by atoms with van der Waals surface area (Å²) >= 11 is 3.41. The molecule has 2 heterocycles. The van der Waals surface area contributed by atoms with Gasteiger partial charge in [-0.15, -0.1) is 0 Å². The zero-order valence-electron chi connectivity index (χ0n) is 13.3. The molecule has 1 aromatic carbocycles. The minimum atomic E-state index is -1.02. The number of halogens is 1. The summed E-state index contributed by atoms with van der Waals surface area (Å²) in [5, 5.41) is 9.03. The molecule has 0 aliphatic carbocycles. The number of rotatable bonds is 3. The van der Waals surface area contributed by atoms with E-state index in [1.807, 2.05) is 18.2 Å². The summed E-state index contributed by atoms with van der Waals surface area (Å²) in [7, 11) is 1.49. The van der Waals surface area contributed by atoms with E-state index < -0.39 is 11.7 Å². The molecule has 2 aliphatic rings. The standard InChI is InChI=1S/C16H19BrN2O5/c1-18(15(21)22)6-7-19-12-10-11(17)2-3-13(12)24-16(14(19)20)4-8-23-9-5-16/h2-3,10H,4-9H2,1H3,(H,21,22).